The summed E-state index contributed by atoms with van der Waals surface area (Å²) >= 11 is 5.04. The van der Waals surface area contributed by atoms with Crippen LogP contribution in [0.25, 0.3) is 11.1 Å². The highest BCUT2D eigenvalue weighted by atomic mass is 79.9. The van der Waals surface area contributed by atoms with Crippen molar-refractivity contribution in [2.75, 3.05) is 5.32 Å². The smallest absolute Gasteiger partial charge is 0.147 e. The molecule has 0 fully saturated rings. The molecule has 0 aliphatic heterocycles. The van der Waals surface area contributed by atoms with E-state index in [1.54, 1.807) is 17.4 Å². The van der Waals surface area contributed by atoms with Gasteiger partial charge >= 0.3 is 0 Å². The van der Waals surface area contributed by atoms with Gasteiger partial charge in [0.05, 0.1) is 5.69 Å². The molecule has 0 radical (unpaired) electrons. The highest BCUT2D eigenvalue weighted by Gasteiger charge is 2.07. The molecular weight excluding hydrogens is 349 g/mol. The maximum Gasteiger partial charge on any atom is 0.147 e. The molecular formula is C17H13BrFNS. The lowest BCUT2D eigenvalue weighted by molar-refractivity contribution is 0.629. The molecule has 0 saturated heterocycles. The summed E-state index contributed by atoms with van der Waals surface area (Å²) in [5.41, 5.74) is 2.91. The zero-order chi connectivity index (χ0) is 14.7. The quantitative estimate of drug-likeness (QED) is 0.607. The SMILES string of the molecule is Fc1cccc(Br)c1NCc1cc(-c2ccccc2)cs1. The number of benzene rings is 2. The molecule has 106 valence electrons. The molecule has 1 aromatic heterocycles. The largest absolute Gasteiger partial charge is 0.377 e. The first-order chi connectivity index (χ1) is 10.2. The summed E-state index contributed by atoms with van der Waals surface area (Å²) in [5.74, 6) is -0.246. The van der Waals surface area contributed by atoms with Crippen LogP contribution < -0.4 is 5.32 Å². The Morgan fingerprint density at radius 3 is 2.57 bits per heavy atom. The molecule has 0 spiro atoms. The van der Waals surface area contributed by atoms with Gasteiger partial charge in [0.1, 0.15) is 5.82 Å². The number of hydrogen-bond donors (Lipinski definition) is 1. The van der Waals surface area contributed by atoms with E-state index in [4.69, 9.17) is 0 Å². The van der Waals surface area contributed by atoms with Crippen LogP contribution in [0.1, 0.15) is 4.88 Å². The lowest BCUT2D eigenvalue weighted by atomic mass is 10.1. The Labute approximate surface area is 135 Å². The third-order valence-corrected chi connectivity index (χ3v) is 4.76. The molecule has 0 saturated carbocycles. The predicted octanol–water partition coefficient (Wildman–Crippen LogP) is 5.93. The zero-order valence-electron chi connectivity index (χ0n) is 11.1. The Hall–Kier alpha value is -1.65. The van der Waals surface area contributed by atoms with Crippen LogP contribution in [0, 0.1) is 5.82 Å². The molecule has 3 rings (SSSR count). The van der Waals surface area contributed by atoms with Gasteiger partial charge in [0.15, 0.2) is 0 Å². The number of anilines is 1. The normalized spacial score (nSPS) is 10.6. The molecule has 0 atom stereocenters. The summed E-state index contributed by atoms with van der Waals surface area (Å²) in [6, 6.07) is 17.4. The number of para-hydroxylation sites is 1. The first-order valence-corrected chi connectivity index (χ1v) is 8.22. The average molecular weight is 362 g/mol. The lowest BCUT2D eigenvalue weighted by Crippen LogP contribution is -2.00. The van der Waals surface area contributed by atoms with Gasteiger partial charge in [0, 0.05) is 15.9 Å². The molecule has 1 nitrogen and oxygen atoms in total. The summed E-state index contributed by atoms with van der Waals surface area (Å²) in [6.07, 6.45) is 0. The minimum absolute atomic E-state index is 0.246. The van der Waals surface area contributed by atoms with E-state index in [-0.39, 0.29) is 5.82 Å². The molecule has 3 aromatic rings. The van der Waals surface area contributed by atoms with Crippen LogP contribution in [0.15, 0.2) is 64.5 Å². The van der Waals surface area contributed by atoms with E-state index in [0.29, 0.717) is 12.2 Å². The number of halogens is 2. The van der Waals surface area contributed by atoms with Crippen LogP contribution in [0.2, 0.25) is 0 Å². The zero-order valence-corrected chi connectivity index (χ0v) is 13.5. The van der Waals surface area contributed by atoms with E-state index in [1.807, 2.05) is 24.3 Å². The van der Waals surface area contributed by atoms with Crippen molar-refractivity contribution in [3.63, 3.8) is 0 Å². The van der Waals surface area contributed by atoms with Crippen molar-refractivity contribution in [3.05, 3.63) is 75.1 Å². The van der Waals surface area contributed by atoms with E-state index in [1.165, 1.54) is 22.1 Å². The van der Waals surface area contributed by atoms with Gasteiger partial charge in [0.25, 0.3) is 0 Å². The molecule has 21 heavy (non-hydrogen) atoms. The van der Waals surface area contributed by atoms with Crippen molar-refractivity contribution in [2.24, 2.45) is 0 Å². The molecule has 4 heteroatoms. The van der Waals surface area contributed by atoms with Crippen LogP contribution in [0.3, 0.4) is 0 Å². The van der Waals surface area contributed by atoms with Gasteiger partial charge in [-0.05, 0) is 50.6 Å². The maximum atomic E-state index is 13.7. The fourth-order valence-electron chi connectivity index (χ4n) is 2.10. The summed E-state index contributed by atoms with van der Waals surface area (Å²) in [6.45, 7) is 0.608. The van der Waals surface area contributed by atoms with Crippen LogP contribution >= 0.6 is 27.3 Å². The van der Waals surface area contributed by atoms with Crippen molar-refractivity contribution in [2.45, 2.75) is 6.54 Å². The maximum absolute atomic E-state index is 13.7. The Morgan fingerprint density at radius 1 is 1.00 bits per heavy atom. The molecule has 2 aromatic carbocycles. The Balaban J connectivity index is 1.74. The van der Waals surface area contributed by atoms with Crippen LogP contribution in [0.5, 0.6) is 0 Å². The molecule has 0 unspecified atom stereocenters. The fourth-order valence-corrected chi connectivity index (χ4v) is 3.41. The summed E-state index contributed by atoms with van der Waals surface area (Å²) in [7, 11) is 0. The number of thiophene rings is 1. The number of nitrogens with one attached hydrogen (secondary N) is 1. The second-order valence-electron chi connectivity index (χ2n) is 4.62. The van der Waals surface area contributed by atoms with E-state index >= 15 is 0 Å². The van der Waals surface area contributed by atoms with Crippen LogP contribution in [-0.4, -0.2) is 0 Å². The van der Waals surface area contributed by atoms with Gasteiger partial charge in [-0.3, -0.25) is 0 Å². The van der Waals surface area contributed by atoms with E-state index < -0.39 is 0 Å². The van der Waals surface area contributed by atoms with E-state index in [9.17, 15) is 4.39 Å². The highest BCUT2D eigenvalue weighted by Crippen LogP contribution is 2.28. The Bertz CT molecular complexity index is 719. The van der Waals surface area contributed by atoms with Gasteiger partial charge in [0.2, 0.25) is 0 Å². The summed E-state index contributed by atoms with van der Waals surface area (Å²) in [4.78, 5) is 1.17. The number of rotatable bonds is 4. The predicted molar refractivity (Wildman–Crippen MR) is 91.2 cm³/mol. The van der Waals surface area contributed by atoms with Crippen molar-refractivity contribution in [1.82, 2.24) is 0 Å². The average Bonchev–Trinajstić information content (AvgIpc) is 2.97. The molecule has 1 N–H and O–H groups in total. The van der Waals surface area contributed by atoms with Gasteiger partial charge in [-0.1, -0.05) is 36.4 Å². The van der Waals surface area contributed by atoms with E-state index in [0.717, 1.165) is 4.47 Å². The summed E-state index contributed by atoms with van der Waals surface area (Å²) in [5, 5.41) is 5.28. The third-order valence-electron chi connectivity index (χ3n) is 3.16. The van der Waals surface area contributed by atoms with Crippen LogP contribution in [0.4, 0.5) is 10.1 Å². The topological polar surface area (TPSA) is 12.0 Å². The molecule has 0 aliphatic carbocycles. The van der Waals surface area contributed by atoms with Crippen molar-refractivity contribution in [3.8, 4) is 11.1 Å². The molecule has 1 heterocycles. The van der Waals surface area contributed by atoms with Gasteiger partial charge < -0.3 is 5.32 Å². The van der Waals surface area contributed by atoms with Crippen LogP contribution in [-0.2, 0) is 6.54 Å². The lowest BCUT2D eigenvalue weighted by Gasteiger charge is -2.08. The van der Waals surface area contributed by atoms with E-state index in [2.05, 4.69) is 44.8 Å². The molecule has 0 bridgehead atoms. The minimum Gasteiger partial charge on any atom is -0.377 e. The monoisotopic (exact) mass is 361 g/mol. The Kier molecular flexibility index (Phi) is 4.36. The fraction of sp³-hybridized carbons (Fsp3) is 0.0588. The second kappa shape index (κ2) is 6.41. The second-order valence-corrected chi connectivity index (χ2v) is 6.47. The highest BCUT2D eigenvalue weighted by molar-refractivity contribution is 9.10. The first-order valence-electron chi connectivity index (χ1n) is 6.55. The standard InChI is InChI=1S/C17H13BrFNS/c18-15-7-4-8-16(19)17(15)20-10-14-9-13(11-21-14)12-5-2-1-3-6-12/h1-9,11,20H,10H2. The van der Waals surface area contributed by atoms with Crippen molar-refractivity contribution < 1.29 is 4.39 Å². The molecule has 0 amide bonds. The number of hydrogen-bond acceptors (Lipinski definition) is 2. The van der Waals surface area contributed by atoms with Gasteiger partial charge in [-0.15, -0.1) is 11.3 Å². The van der Waals surface area contributed by atoms with Gasteiger partial charge in [-0.25, -0.2) is 4.39 Å². The molecule has 0 aliphatic rings. The third kappa shape index (κ3) is 3.34. The minimum atomic E-state index is -0.246. The van der Waals surface area contributed by atoms with Crippen molar-refractivity contribution in [1.29, 1.82) is 0 Å². The summed E-state index contributed by atoms with van der Waals surface area (Å²) < 4.78 is 14.5. The van der Waals surface area contributed by atoms with Crippen molar-refractivity contribution >= 4 is 33.0 Å². The van der Waals surface area contributed by atoms with Gasteiger partial charge in [-0.2, -0.15) is 0 Å². The Morgan fingerprint density at radius 2 is 1.81 bits per heavy atom. The first kappa shape index (κ1) is 14.3.